The van der Waals surface area contributed by atoms with Crippen LogP contribution >= 0.6 is 0 Å². The third-order valence-corrected chi connectivity index (χ3v) is 8.73. The van der Waals surface area contributed by atoms with Crippen LogP contribution in [-0.4, -0.2) is 0 Å². The Morgan fingerprint density at radius 2 is 0.738 bits per heavy atom. The van der Waals surface area contributed by atoms with Gasteiger partial charge in [0.2, 0.25) is 0 Å². The highest BCUT2D eigenvalue weighted by Crippen LogP contribution is 2.35. The molecule has 0 amide bonds. The maximum Gasteiger partial charge on any atom is -0.00140 e. The van der Waals surface area contributed by atoms with Crippen molar-refractivity contribution in [1.82, 2.24) is 0 Å². The molecule has 0 heterocycles. The second-order valence-electron chi connectivity index (χ2n) is 11.5. The molecule has 0 aliphatic heterocycles. The van der Waals surface area contributed by atoms with Crippen LogP contribution < -0.4 is 0 Å². The number of hydrogen-bond acceptors (Lipinski definition) is 0. The van der Waals surface area contributed by atoms with Gasteiger partial charge in [-0.25, -0.2) is 0 Å². The van der Waals surface area contributed by atoms with E-state index in [0.29, 0.717) is 0 Å². The van der Waals surface area contributed by atoms with Crippen molar-refractivity contribution in [3.05, 3.63) is 190 Å². The monoisotopic (exact) mass is 542 g/mol. The minimum absolute atomic E-state index is 0.908. The summed E-state index contributed by atoms with van der Waals surface area (Å²) in [6.45, 7) is 6.71. The smallest absolute Gasteiger partial charge is 0.00140 e. The molecule has 0 bridgehead atoms. The van der Waals surface area contributed by atoms with Gasteiger partial charge in [0.25, 0.3) is 0 Å². The molecule has 0 nitrogen and oxygen atoms in total. The lowest BCUT2D eigenvalue weighted by Crippen LogP contribution is -2.07. The van der Waals surface area contributed by atoms with Crippen molar-refractivity contribution in [3.8, 4) is 22.3 Å². The Morgan fingerprint density at radius 1 is 0.310 bits per heavy atom. The van der Waals surface area contributed by atoms with E-state index < -0.39 is 0 Å². The first-order chi connectivity index (χ1) is 20.6. The van der Waals surface area contributed by atoms with Crippen LogP contribution in [0.5, 0.6) is 0 Å². The highest BCUT2D eigenvalue weighted by molar-refractivity contribution is 5.74. The van der Waals surface area contributed by atoms with Crippen molar-refractivity contribution in [1.29, 1.82) is 0 Å². The van der Waals surface area contributed by atoms with E-state index >= 15 is 0 Å². The molecule has 0 saturated heterocycles. The summed E-state index contributed by atoms with van der Waals surface area (Å²) in [5, 5.41) is 0. The van der Waals surface area contributed by atoms with Crippen molar-refractivity contribution < 1.29 is 0 Å². The van der Waals surface area contributed by atoms with Gasteiger partial charge in [-0.2, -0.15) is 0 Å². The predicted octanol–water partition coefficient (Wildman–Crippen LogP) is 10.7. The number of hydrogen-bond donors (Lipinski definition) is 0. The van der Waals surface area contributed by atoms with Gasteiger partial charge in [0.1, 0.15) is 0 Å². The molecule has 42 heavy (non-hydrogen) atoms. The quantitative estimate of drug-likeness (QED) is 0.179. The first kappa shape index (κ1) is 27.5. The lowest BCUT2D eigenvalue weighted by Gasteiger charge is -2.22. The third-order valence-electron chi connectivity index (χ3n) is 8.73. The Hall–Kier alpha value is -4.68. The van der Waals surface area contributed by atoms with Gasteiger partial charge in [0.15, 0.2) is 0 Å². The summed E-state index contributed by atoms with van der Waals surface area (Å²) in [6.07, 6.45) is 2.76. The molecule has 0 unspecified atom stereocenters. The van der Waals surface area contributed by atoms with Crippen LogP contribution in [0.2, 0.25) is 0 Å². The van der Waals surface area contributed by atoms with Crippen molar-refractivity contribution in [2.45, 2.75) is 40.0 Å². The Kier molecular flexibility index (Phi) is 8.15. The van der Waals surface area contributed by atoms with Crippen molar-refractivity contribution in [2.75, 3.05) is 0 Å². The van der Waals surface area contributed by atoms with Gasteiger partial charge in [0, 0.05) is 0 Å². The molecule has 6 rings (SSSR count). The Bertz CT molecular complexity index is 1810. The summed E-state index contributed by atoms with van der Waals surface area (Å²) in [5.74, 6) is 0. The van der Waals surface area contributed by atoms with E-state index in [1.807, 2.05) is 0 Å². The maximum atomic E-state index is 2.39. The van der Waals surface area contributed by atoms with Gasteiger partial charge >= 0.3 is 0 Å². The fraction of sp³-hybridized carbons (Fsp3) is 0.143. The second kappa shape index (κ2) is 12.5. The summed E-state index contributed by atoms with van der Waals surface area (Å²) >= 11 is 0. The highest BCUT2D eigenvalue weighted by Gasteiger charge is 2.18. The van der Waals surface area contributed by atoms with Gasteiger partial charge in [-0.15, -0.1) is 0 Å². The van der Waals surface area contributed by atoms with Gasteiger partial charge in [-0.1, -0.05) is 140 Å². The van der Waals surface area contributed by atoms with E-state index in [-0.39, 0.29) is 0 Å². The van der Waals surface area contributed by atoms with E-state index in [1.54, 1.807) is 0 Å². The topological polar surface area (TPSA) is 0 Å². The predicted molar refractivity (Wildman–Crippen MR) is 179 cm³/mol. The Labute approximate surface area is 251 Å². The van der Waals surface area contributed by atoms with Crippen LogP contribution in [-0.2, 0) is 19.3 Å². The zero-order chi connectivity index (χ0) is 28.9. The molecule has 0 aliphatic rings. The number of rotatable bonds is 8. The number of benzene rings is 6. The fourth-order valence-electron chi connectivity index (χ4n) is 6.08. The zero-order valence-electron chi connectivity index (χ0n) is 24.9. The van der Waals surface area contributed by atoms with Crippen molar-refractivity contribution >= 4 is 0 Å². The minimum Gasteiger partial charge on any atom is -0.0622 e. The largest absolute Gasteiger partial charge is 0.0622 e. The molecule has 206 valence electrons. The van der Waals surface area contributed by atoms with Gasteiger partial charge < -0.3 is 0 Å². The highest BCUT2D eigenvalue weighted by atomic mass is 14.2. The molecule has 6 aromatic carbocycles. The molecule has 0 fully saturated rings. The van der Waals surface area contributed by atoms with Gasteiger partial charge in [-0.3, -0.25) is 0 Å². The van der Waals surface area contributed by atoms with E-state index in [2.05, 4.69) is 160 Å². The average Bonchev–Trinajstić information content (AvgIpc) is 3.02. The maximum absolute atomic E-state index is 2.39. The molecule has 6 aromatic rings. The molecule has 0 atom stereocenters. The first-order valence-corrected chi connectivity index (χ1v) is 15.0. The van der Waals surface area contributed by atoms with E-state index in [1.165, 1.54) is 72.3 Å². The minimum atomic E-state index is 0.908. The van der Waals surface area contributed by atoms with Crippen LogP contribution in [0.25, 0.3) is 22.3 Å². The van der Waals surface area contributed by atoms with E-state index in [4.69, 9.17) is 0 Å². The summed E-state index contributed by atoms with van der Waals surface area (Å²) in [6, 6.07) is 51.1. The molecule has 0 saturated carbocycles. The van der Waals surface area contributed by atoms with Crippen LogP contribution in [0.3, 0.4) is 0 Å². The van der Waals surface area contributed by atoms with E-state index in [0.717, 1.165) is 19.3 Å². The lowest BCUT2D eigenvalue weighted by atomic mass is 9.82. The summed E-state index contributed by atoms with van der Waals surface area (Å²) < 4.78 is 0. The third kappa shape index (κ3) is 5.99. The SMILES string of the molecule is Cc1ccccc1Cc1ccc(-c2ccc(-c3ccccc3)cc2)c(Cc2ccccc2C)c1Cc1ccccc1C. The van der Waals surface area contributed by atoms with Gasteiger partial charge in [-0.05, 0) is 112 Å². The Balaban J connectivity index is 1.53. The summed E-state index contributed by atoms with van der Waals surface area (Å²) in [4.78, 5) is 0. The first-order valence-electron chi connectivity index (χ1n) is 15.0. The van der Waals surface area contributed by atoms with Crippen LogP contribution in [0.4, 0.5) is 0 Å². The van der Waals surface area contributed by atoms with E-state index in [9.17, 15) is 0 Å². The fourth-order valence-corrected chi connectivity index (χ4v) is 6.08. The molecule has 0 spiro atoms. The summed E-state index contributed by atoms with van der Waals surface area (Å²) in [7, 11) is 0. The molecule has 0 aliphatic carbocycles. The van der Waals surface area contributed by atoms with Crippen LogP contribution in [0.1, 0.15) is 50.1 Å². The zero-order valence-corrected chi connectivity index (χ0v) is 24.9. The lowest BCUT2D eigenvalue weighted by molar-refractivity contribution is 1.02. The van der Waals surface area contributed by atoms with Gasteiger partial charge in [0.05, 0.1) is 0 Å². The van der Waals surface area contributed by atoms with Crippen LogP contribution in [0, 0.1) is 20.8 Å². The van der Waals surface area contributed by atoms with Crippen molar-refractivity contribution in [3.63, 3.8) is 0 Å². The molecule has 0 N–H and O–H groups in total. The molecule has 0 heteroatoms. The second-order valence-corrected chi connectivity index (χ2v) is 11.5. The number of aryl methyl sites for hydroxylation is 3. The summed E-state index contributed by atoms with van der Waals surface area (Å²) in [5.41, 5.74) is 17.6. The van der Waals surface area contributed by atoms with Crippen molar-refractivity contribution in [2.24, 2.45) is 0 Å². The molecular weight excluding hydrogens is 504 g/mol. The molecule has 0 aromatic heterocycles. The Morgan fingerprint density at radius 3 is 1.29 bits per heavy atom. The normalized spacial score (nSPS) is 11.0. The van der Waals surface area contributed by atoms with Crippen LogP contribution in [0.15, 0.2) is 140 Å². The average molecular weight is 543 g/mol. The standard InChI is InChI=1S/C42H38/c1-30-13-7-10-18-36(30)27-39-25-26-40(35-23-21-34(22-24-35)33-16-5-4-6-17-33)42(29-38-20-12-9-15-32(38)3)41(39)28-37-19-11-8-14-31(37)2/h4-26H,27-29H2,1-3H3. The molecule has 0 radical (unpaired) electrons. The molecular formula is C42H38.